The number of piperidine rings is 1. The van der Waals surface area contributed by atoms with Gasteiger partial charge in [-0.3, -0.25) is 10.1 Å². The summed E-state index contributed by atoms with van der Waals surface area (Å²) in [6, 6.07) is 3.98. The fourth-order valence-corrected chi connectivity index (χ4v) is 8.27. The minimum atomic E-state index is -4.45. The van der Waals surface area contributed by atoms with Gasteiger partial charge in [0.2, 0.25) is 0 Å². The molecule has 152 valence electrons. The van der Waals surface area contributed by atoms with Crippen LogP contribution in [0.5, 0.6) is 0 Å². The molecule has 0 N–H and O–H groups in total. The molecule has 1 saturated heterocycles. The lowest BCUT2D eigenvalue weighted by Gasteiger charge is -2.32. The van der Waals surface area contributed by atoms with Gasteiger partial charge in [0.15, 0.2) is 10.0 Å². The Morgan fingerprint density at radius 1 is 1.29 bits per heavy atom. The third kappa shape index (κ3) is 4.18. The molecule has 1 fully saturated rings. The van der Waals surface area contributed by atoms with Gasteiger partial charge in [0.1, 0.15) is 0 Å². The molecule has 0 amide bonds. The van der Waals surface area contributed by atoms with E-state index in [1.165, 1.54) is 36.6 Å². The molecule has 1 atom stereocenters. The van der Waals surface area contributed by atoms with Gasteiger partial charge >= 0.3 is 0 Å². The maximum absolute atomic E-state index is 13.2. The maximum atomic E-state index is 13.2. The molecule has 1 aromatic heterocycles. The molecule has 1 unspecified atom stereocenters. The van der Waals surface area contributed by atoms with Crippen molar-refractivity contribution in [3.8, 4) is 0 Å². The number of sulfonamides is 1. The quantitative estimate of drug-likeness (QED) is 0.513. The maximum Gasteiger partial charge on any atom is 0.297 e. The van der Waals surface area contributed by atoms with Gasteiger partial charge in [-0.1, -0.05) is 12.1 Å². The minimum Gasteiger partial charge on any atom is -0.348 e. The number of aromatic nitrogens is 1. The molecule has 3 rings (SSSR count). The fraction of sp³-hybridized carbons (Fsp3) is 0.438. The van der Waals surface area contributed by atoms with Crippen molar-refractivity contribution in [3.63, 3.8) is 0 Å². The van der Waals surface area contributed by atoms with Crippen LogP contribution >= 0.6 is 11.3 Å². The molecule has 9 nitrogen and oxygen atoms in total. The van der Waals surface area contributed by atoms with Gasteiger partial charge in [-0.25, -0.2) is 9.19 Å². The molecule has 0 radical (unpaired) electrons. The zero-order valence-corrected chi connectivity index (χ0v) is 17.8. The highest BCUT2D eigenvalue weighted by Crippen LogP contribution is 2.31. The second kappa shape index (κ2) is 7.76. The van der Waals surface area contributed by atoms with E-state index < -0.39 is 40.5 Å². The second-order valence-electron chi connectivity index (χ2n) is 6.59. The lowest BCUT2D eigenvalue weighted by atomic mass is 10.1. The highest BCUT2D eigenvalue weighted by molar-refractivity contribution is 8.03. The van der Waals surface area contributed by atoms with Crippen molar-refractivity contribution in [2.45, 2.75) is 29.9 Å². The lowest BCUT2D eigenvalue weighted by molar-refractivity contribution is -0.387. The van der Waals surface area contributed by atoms with Crippen molar-refractivity contribution < 1.29 is 17.6 Å². The van der Waals surface area contributed by atoms with Crippen LogP contribution in [0.1, 0.15) is 18.4 Å². The molecule has 2 heterocycles. The Morgan fingerprint density at radius 2 is 1.96 bits per heavy atom. The second-order valence-corrected chi connectivity index (χ2v) is 11.8. The SMILES string of the molecule is Cc1cccc([N+](=O)[O-])c1S(=O)(=O)N=S(C)(=O)C1CCN(c2nccs2)CC1. The van der Waals surface area contributed by atoms with Crippen molar-refractivity contribution in [1.82, 2.24) is 4.98 Å². The molecule has 0 saturated carbocycles. The number of nitro benzene ring substituents is 1. The number of anilines is 1. The van der Waals surface area contributed by atoms with E-state index in [4.69, 9.17) is 0 Å². The van der Waals surface area contributed by atoms with Crippen LogP contribution in [0.15, 0.2) is 38.4 Å². The van der Waals surface area contributed by atoms with Gasteiger partial charge in [-0.15, -0.1) is 15.1 Å². The zero-order valence-electron chi connectivity index (χ0n) is 15.3. The summed E-state index contributed by atoms with van der Waals surface area (Å²) < 4.78 is 42.5. The number of hydrogen-bond donors (Lipinski definition) is 0. The number of nitro groups is 1. The van der Waals surface area contributed by atoms with E-state index >= 15 is 0 Å². The van der Waals surface area contributed by atoms with Crippen LogP contribution in [0.4, 0.5) is 10.8 Å². The molecule has 1 aromatic carbocycles. The first-order valence-electron chi connectivity index (χ1n) is 8.47. The lowest BCUT2D eigenvalue weighted by Crippen LogP contribution is -2.39. The highest BCUT2D eigenvalue weighted by atomic mass is 32.3. The van der Waals surface area contributed by atoms with Gasteiger partial charge in [-0.05, 0) is 25.3 Å². The van der Waals surface area contributed by atoms with E-state index in [0.717, 1.165) is 11.2 Å². The number of hydrogen-bond acceptors (Lipinski definition) is 8. The van der Waals surface area contributed by atoms with Crippen molar-refractivity contribution in [3.05, 3.63) is 45.5 Å². The van der Waals surface area contributed by atoms with Crippen molar-refractivity contribution in [2.24, 2.45) is 3.77 Å². The van der Waals surface area contributed by atoms with Gasteiger partial charge in [0.05, 0.1) is 14.7 Å². The topological polar surface area (TPSA) is 123 Å². The zero-order chi connectivity index (χ0) is 20.5. The first-order valence-corrected chi connectivity index (χ1v) is 12.8. The van der Waals surface area contributed by atoms with E-state index in [1.54, 1.807) is 6.20 Å². The van der Waals surface area contributed by atoms with Crippen molar-refractivity contribution in [1.29, 1.82) is 0 Å². The molecule has 0 spiro atoms. The van der Waals surface area contributed by atoms with Crippen LogP contribution in [-0.2, 0) is 19.8 Å². The number of thiazole rings is 1. The molecule has 28 heavy (non-hydrogen) atoms. The normalized spacial score (nSPS) is 17.9. The van der Waals surface area contributed by atoms with Crippen LogP contribution in [0, 0.1) is 17.0 Å². The number of aryl methyl sites for hydroxylation is 1. The van der Waals surface area contributed by atoms with Gasteiger partial charge in [0.25, 0.3) is 15.7 Å². The average Bonchev–Trinajstić information content (AvgIpc) is 3.15. The summed E-state index contributed by atoms with van der Waals surface area (Å²) >= 11 is 1.51. The molecule has 2 aromatic rings. The van der Waals surface area contributed by atoms with Crippen LogP contribution in [0.2, 0.25) is 0 Å². The van der Waals surface area contributed by atoms with E-state index in [-0.39, 0.29) is 5.56 Å². The molecule has 0 aliphatic carbocycles. The summed E-state index contributed by atoms with van der Waals surface area (Å²) in [5, 5.41) is 13.6. The third-order valence-corrected chi connectivity index (χ3v) is 10.2. The Bertz CT molecular complexity index is 1100. The minimum absolute atomic E-state index is 0.201. The predicted octanol–water partition coefficient (Wildman–Crippen LogP) is 2.82. The summed E-state index contributed by atoms with van der Waals surface area (Å²) in [7, 11) is -7.57. The Kier molecular flexibility index (Phi) is 5.73. The number of benzene rings is 1. The van der Waals surface area contributed by atoms with Gasteiger partial charge in [-0.2, -0.15) is 8.42 Å². The third-order valence-electron chi connectivity index (χ3n) is 4.64. The van der Waals surface area contributed by atoms with Crippen LogP contribution in [0.3, 0.4) is 0 Å². The highest BCUT2D eigenvalue weighted by Gasteiger charge is 2.32. The average molecular weight is 445 g/mol. The van der Waals surface area contributed by atoms with Crippen LogP contribution in [-0.4, -0.2) is 47.1 Å². The molecule has 1 aliphatic rings. The molecular formula is C16H20N4O5S3. The largest absolute Gasteiger partial charge is 0.348 e. The first kappa shape index (κ1) is 20.7. The first-order chi connectivity index (χ1) is 13.1. The van der Waals surface area contributed by atoms with E-state index in [1.807, 2.05) is 5.38 Å². The summed E-state index contributed by atoms with van der Waals surface area (Å²) in [5.74, 6) is 0. The van der Waals surface area contributed by atoms with E-state index in [0.29, 0.717) is 25.9 Å². The monoisotopic (exact) mass is 444 g/mol. The van der Waals surface area contributed by atoms with Crippen LogP contribution in [0.25, 0.3) is 0 Å². The van der Waals surface area contributed by atoms with E-state index in [9.17, 15) is 22.7 Å². The van der Waals surface area contributed by atoms with E-state index in [2.05, 4.69) is 13.7 Å². The molecule has 1 aliphatic heterocycles. The van der Waals surface area contributed by atoms with Crippen LogP contribution < -0.4 is 4.90 Å². The Morgan fingerprint density at radius 3 is 2.54 bits per heavy atom. The standard InChI is InChI=1S/C16H20N4O5S3/c1-12-4-3-5-14(20(21)22)15(12)28(24,25)18-27(2,23)13-6-9-19(10-7-13)16-17-8-11-26-16/h3-5,8,11,13H,6-7,9-10H2,1-2H3. The molecule has 0 bridgehead atoms. The number of nitrogens with zero attached hydrogens (tertiary/aromatic N) is 4. The van der Waals surface area contributed by atoms with Gasteiger partial charge in [0, 0.05) is 42.2 Å². The van der Waals surface area contributed by atoms with Crippen molar-refractivity contribution in [2.75, 3.05) is 24.2 Å². The van der Waals surface area contributed by atoms with Gasteiger partial charge < -0.3 is 4.90 Å². The Balaban J connectivity index is 1.90. The smallest absolute Gasteiger partial charge is 0.297 e. The molecular weight excluding hydrogens is 424 g/mol. The summed E-state index contributed by atoms with van der Waals surface area (Å²) in [5.41, 5.74) is -0.357. The predicted molar refractivity (Wildman–Crippen MR) is 109 cm³/mol. The Labute approximate surface area is 167 Å². The summed E-state index contributed by atoms with van der Waals surface area (Å²) in [6.45, 7) is 2.66. The molecule has 12 heteroatoms. The van der Waals surface area contributed by atoms with Crippen molar-refractivity contribution >= 4 is 41.9 Å². The summed E-state index contributed by atoms with van der Waals surface area (Å²) in [6.07, 6.45) is 4.04. The Hall–Kier alpha value is -2.05. The fourth-order valence-electron chi connectivity index (χ4n) is 3.27. The number of rotatable bonds is 5. The summed E-state index contributed by atoms with van der Waals surface area (Å²) in [4.78, 5) is 16.3.